The van der Waals surface area contributed by atoms with Crippen molar-refractivity contribution in [3.8, 4) is 0 Å². The minimum absolute atomic E-state index is 0.326. The smallest absolute Gasteiger partial charge is 0.0438 e. The van der Waals surface area contributed by atoms with Crippen molar-refractivity contribution in [1.29, 1.82) is 0 Å². The molecule has 84 valence electrons. The van der Waals surface area contributed by atoms with Crippen molar-refractivity contribution in [3.05, 3.63) is 0 Å². The first kappa shape index (κ1) is 12.3. The minimum Gasteiger partial charge on any atom is -0.396 e. The predicted molar refractivity (Wildman–Crippen MR) is 62.9 cm³/mol. The van der Waals surface area contributed by atoms with Crippen LogP contribution in [0.1, 0.15) is 19.3 Å². The average Bonchev–Trinajstić information content (AvgIpc) is 2.25. The molecule has 0 aromatic heterocycles. The Balaban J connectivity index is 1.82. The summed E-state index contributed by atoms with van der Waals surface area (Å²) in [6.45, 7) is 3.74. The van der Waals surface area contributed by atoms with Crippen LogP contribution in [0.15, 0.2) is 0 Å². The molecule has 3 N–H and O–H groups in total. The Hall–Kier alpha value is 0.230. The highest BCUT2D eigenvalue weighted by Gasteiger charge is 2.10. The van der Waals surface area contributed by atoms with Gasteiger partial charge in [0.1, 0.15) is 0 Å². The van der Waals surface area contributed by atoms with E-state index in [4.69, 9.17) is 5.11 Å². The third-order valence-corrected chi connectivity index (χ3v) is 3.49. The van der Waals surface area contributed by atoms with E-state index >= 15 is 0 Å². The Morgan fingerprint density at radius 1 is 1.43 bits per heavy atom. The molecule has 1 fully saturated rings. The highest BCUT2D eigenvalue weighted by atomic mass is 32.2. The van der Waals surface area contributed by atoms with E-state index in [0.717, 1.165) is 31.0 Å². The standard InChI is InChI=1S/C10H22N2OS/c13-6-2-7-14-8-5-12-10-3-1-4-11-9-10/h10-13H,1-9H2. The van der Waals surface area contributed by atoms with Gasteiger partial charge in [-0.25, -0.2) is 0 Å². The van der Waals surface area contributed by atoms with Crippen LogP contribution in [0.3, 0.4) is 0 Å². The van der Waals surface area contributed by atoms with Gasteiger partial charge < -0.3 is 15.7 Å². The highest BCUT2D eigenvalue weighted by molar-refractivity contribution is 7.99. The Morgan fingerprint density at radius 2 is 2.36 bits per heavy atom. The average molecular weight is 218 g/mol. The molecular weight excluding hydrogens is 196 g/mol. The Labute approximate surface area is 91.0 Å². The lowest BCUT2D eigenvalue weighted by Gasteiger charge is -2.23. The molecule has 0 spiro atoms. The van der Waals surface area contributed by atoms with Gasteiger partial charge in [0.15, 0.2) is 0 Å². The molecule has 1 aliphatic rings. The van der Waals surface area contributed by atoms with Crippen molar-refractivity contribution in [2.75, 3.05) is 37.7 Å². The summed E-state index contributed by atoms with van der Waals surface area (Å²) in [4.78, 5) is 0. The molecular formula is C10H22N2OS. The van der Waals surface area contributed by atoms with E-state index in [1.54, 1.807) is 0 Å². The minimum atomic E-state index is 0.326. The van der Waals surface area contributed by atoms with Crippen LogP contribution in [0.25, 0.3) is 0 Å². The third-order valence-electron chi connectivity index (χ3n) is 2.42. The van der Waals surface area contributed by atoms with Gasteiger partial charge in [-0.1, -0.05) is 0 Å². The maximum absolute atomic E-state index is 8.59. The van der Waals surface area contributed by atoms with Crippen LogP contribution in [0.2, 0.25) is 0 Å². The fourth-order valence-electron chi connectivity index (χ4n) is 1.63. The lowest BCUT2D eigenvalue weighted by Crippen LogP contribution is -2.43. The van der Waals surface area contributed by atoms with Crippen molar-refractivity contribution in [3.63, 3.8) is 0 Å². The van der Waals surface area contributed by atoms with Gasteiger partial charge in [-0.3, -0.25) is 0 Å². The molecule has 1 saturated heterocycles. The van der Waals surface area contributed by atoms with Crippen LogP contribution in [0.4, 0.5) is 0 Å². The number of thioether (sulfide) groups is 1. The van der Waals surface area contributed by atoms with E-state index in [0.29, 0.717) is 12.6 Å². The molecule has 1 heterocycles. The van der Waals surface area contributed by atoms with Crippen LogP contribution in [-0.2, 0) is 0 Å². The fraction of sp³-hybridized carbons (Fsp3) is 1.00. The normalized spacial score (nSPS) is 22.5. The van der Waals surface area contributed by atoms with Crippen molar-refractivity contribution in [1.82, 2.24) is 10.6 Å². The van der Waals surface area contributed by atoms with Crippen LogP contribution in [0, 0.1) is 0 Å². The first-order valence-corrected chi connectivity index (χ1v) is 6.71. The van der Waals surface area contributed by atoms with Crippen molar-refractivity contribution >= 4 is 11.8 Å². The van der Waals surface area contributed by atoms with E-state index in [1.807, 2.05) is 11.8 Å². The number of rotatable bonds is 7. The van der Waals surface area contributed by atoms with Gasteiger partial charge in [-0.15, -0.1) is 0 Å². The van der Waals surface area contributed by atoms with E-state index in [9.17, 15) is 0 Å². The van der Waals surface area contributed by atoms with Crippen molar-refractivity contribution < 1.29 is 5.11 Å². The quantitative estimate of drug-likeness (QED) is 0.543. The number of aliphatic hydroxyl groups is 1. The van der Waals surface area contributed by atoms with Gasteiger partial charge in [0.25, 0.3) is 0 Å². The zero-order valence-corrected chi connectivity index (χ0v) is 9.61. The second kappa shape index (κ2) is 8.53. The highest BCUT2D eigenvalue weighted by Crippen LogP contribution is 2.03. The van der Waals surface area contributed by atoms with Crippen molar-refractivity contribution in [2.24, 2.45) is 0 Å². The molecule has 0 bridgehead atoms. The van der Waals surface area contributed by atoms with Crippen LogP contribution < -0.4 is 10.6 Å². The van der Waals surface area contributed by atoms with Gasteiger partial charge in [0.2, 0.25) is 0 Å². The topological polar surface area (TPSA) is 44.3 Å². The number of piperidine rings is 1. The van der Waals surface area contributed by atoms with Crippen molar-refractivity contribution in [2.45, 2.75) is 25.3 Å². The maximum Gasteiger partial charge on any atom is 0.0438 e. The molecule has 0 saturated carbocycles. The van der Waals surface area contributed by atoms with E-state index in [1.165, 1.54) is 19.4 Å². The molecule has 1 aliphatic heterocycles. The number of hydrogen-bond donors (Lipinski definition) is 3. The maximum atomic E-state index is 8.59. The van der Waals surface area contributed by atoms with Gasteiger partial charge in [0, 0.05) is 31.5 Å². The summed E-state index contributed by atoms with van der Waals surface area (Å²) < 4.78 is 0. The summed E-state index contributed by atoms with van der Waals surface area (Å²) >= 11 is 1.92. The van der Waals surface area contributed by atoms with Gasteiger partial charge in [-0.2, -0.15) is 11.8 Å². The van der Waals surface area contributed by atoms with E-state index in [2.05, 4.69) is 10.6 Å². The Kier molecular flexibility index (Phi) is 7.50. The van der Waals surface area contributed by atoms with Crippen LogP contribution >= 0.6 is 11.8 Å². The molecule has 14 heavy (non-hydrogen) atoms. The fourth-order valence-corrected chi connectivity index (χ4v) is 2.43. The van der Waals surface area contributed by atoms with Gasteiger partial charge in [-0.05, 0) is 31.6 Å². The van der Waals surface area contributed by atoms with Gasteiger partial charge in [0.05, 0.1) is 0 Å². The number of hydrogen-bond acceptors (Lipinski definition) is 4. The van der Waals surface area contributed by atoms with E-state index in [-0.39, 0.29) is 0 Å². The molecule has 0 amide bonds. The lowest BCUT2D eigenvalue weighted by molar-refractivity contribution is 0.296. The number of nitrogens with one attached hydrogen (secondary N) is 2. The second-order valence-corrected chi connectivity index (χ2v) is 4.91. The molecule has 0 radical (unpaired) electrons. The summed E-state index contributed by atoms with van der Waals surface area (Å²) in [5.74, 6) is 2.25. The molecule has 0 aromatic rings. The largest absolute Gasteiger partial charge is 0.396 e. The lowest BCUT2D eigenvalue weighted by atomic mass is 10.1. The summed E-state index contributed by atoms with van der Waals surface area (Å²) in [6.07, 6.45) is 3.54. The summed E-state index contributed by atoms with van der Waals surface area (Å²) in [5, 5.41) is 15.5. The molecule has 3 nitrogen and oxygen atoms in total. The van der Waals surface area contributed by atoms with Gasteiger partial charge >= 0.3 is 0 Å². The summed E-state index contributed by atoms with van der Waals surface area (Å²) in [7, 11) is 0. The molecule has 0 aromatic carbocycles. The van der Waals surface area contributed by atoms with E-state index < -0.39 is 0 Å². The zero-order valence-electron chi connectivity index (χ0n) is 8.80. The third kappa shape index (κ3) is 5.86. The van der Waals surface area contributed by atoms with Crippen LogP contribution in [-0.4, -0.2) is 48.9 Å². The molecule has 4 heteroatoms. The SMILES string of the molecule is OCCCSCCNC1CCCNC1. The monoisotopic (exact) mass is 218 g/mol. The molecule has 1 atom stereocenters. The number of aliphatic hydroxyl groups excluding tert-OH is 1. The Morgan fingerprint density at radius 3 is 3.07 bits per heavy atom. The molecule has 1 unspecified atom stereocenters. The second-order valence-electron chi connectivity index (χ2n) is 3.69. The predicted octanol–water partition coefficient (Wildman–Crippen LogP) is 0.444. The summed E-state index contributed by atoms with van der Waals surface area (Å²) in [5.41, 5.74) is 0. The molecule has 0 aliphatic carbocycles. The zero-order chi connectivity index (χ0) is 10.1. The Bertz CT molecular complexity index is 129. The summed E-state index contributed by atoms with van der Waals surface area (Å²) in [6, 6.07) is 0.683. The van der Waals surface area contributed by atoms with Crippen LogP contribution in [0.5, 0.6) is 0 Å². The first-order valence-electron chi connectivity index (χ1n) is 5.56. The molecule has 1 rings (SSSR count). The first-order chi connectivity index (χ1) is 6.93.